The maximum absolute atomic E-state index is 13.2. The molecule has 8 heteroatoms. The quantitative estimate of drug-likeness (QED) is 0.325. The zero-order valence-corrected chi connectivity index (χ0v) is 20.5. The average molecular weight is 498 g/mol. The topological polar surface area (TPSA) is 92.7 Å². The molecule has 1 aliphatic rings. The molecule has 3 aromatic rings. The van der Waals surface area contributed by atoms with Crippen LogP contribution in [0.15, 0.2) is 76.5 Å². The summed E-state index contributed by atoms with van der Waals surface area (Å²) in [5.74, 6) is -0.546. The number of hydrogen-bond acceptors (Lipinski definition) is 5. The van der Waals surface area contributed by atoms with E-state index in [0.717, 1.165) is 40.0 Å². The number of benzene rings is 3. The first kappa shape index (κ1) is 24.3. The Morgan fingerprint density at radius 3 is 2.56 bits per heavy atom. The largest absolute Gasteiger partial charge is 0.482 e. The highest BCUT2D eigenvalue weighted by Gasteiger charge is 2.26. The predicted molar refractivity (Wildman–Crippen MR) is 134 cm³/mol. The molecular weight excluding hydrogens is 470 g/mol. The van der Waals surface area contributed by atoms with Crippen molar-refractivity contribution in [2.45, 2.75) is 41.5 Å². The van der Waals surface area contributed by atoms with E-state index in [0.29, 0.717) is 18.6 Å². The summed E-state index contributed by atoms with van der Waals surface area (Å²) in [4.78, 5) is 12.3. The van der Waals surface area contributed by atoms with Gasteiger partial charge < -0.3 is 9.84 Å². The lowest BCUT2D eigenvalue weighted by Crippen LogP contribution is -2.29. The van der Waals surface area contributed by atoms with Crippen LogP contribution < -0.4 is 9.46 Å². The van der Waals surface area contributed by atoms with Gasteiger partial charge in [-0.2, -0.15) is 0 Å². The number of hydrogen-bond donors (Lipinski definition) is 2. The first-order valence-corrected chi connectivity index (χ1v) is 13.8. The number of thioether (sulfide) groups is 1. The van der Waals surface area contributed by atoms with E-state index in [4.69, 9.17) is 9.84 Å². The Balaban J connectivity index is 1.57. The molecule has 4 rings (SSSR count). The Kier molecular flexibility index (Phi) is 7.60. The van der Waals surface area contributed by atoms with Crippen molar-refractivity contribution in [1.82, 2.24) is 4.72 Å². The molecular formula is C26H27NO5S2. The average Bonchev–Trinajstić information content (AvgIpc) is 3.05. The molecule has 0 bridgehead atoms. The fourth-order valence-corrected chi connectivity index (χ4v) is 5.97. The van der Waals surface area contributed by atoms with Crippen molar-refractivity contribution < 1.29 is 23.1 Å². The molecule has 0 heterocycles. The van der Waals surface area contributed by atoms with E-state index in [9.17, 15) is 13.2 Å². The number of carbonyl (C=O) groups is 1. The van der Waals surface area contributed by atoms with Gasteiger partial charge in [-0.3, -0.25) is 0 Å². The predicted octanol–water partition coefficient (Wildman–Crippen LogP) is 5.28. The first-order chi connectivity index (χ1) is 16.4. The van der Waals surface area contributed by atoms with Crippen LogP contribution in [-0.4, -0.2) is 32.4 Å². The molecule has 1 aliphatic carbocycles. The molecule has 0 saturated heterocycles. The summed E-state index contributed by atoms with van der Waals surface area (Å²) in [6, 6.07) is 20.0. The lowest BCUT2D eigenvalue weighted by molar-refractivity contribution is -0.139. The molecule has 178 valence electrons. The van der Waals surface area contributed by atoms with E-state index in [1.165, 1.54) is 0 Å². The summed E-state index contributed by atoms with van der Waals surface area (Å²) in [6.45, 7) is -0.432. The van der Waals surface area contributed by atoms with Gasteiger partial charge in [0, 0.05) is 10.9 Å². The third kappa shape index (κ3) is 5.63. The molecule has 0 saturated carbocycles. The number of aliphatic carboxylic acids is 1. The van der Waals surface area contributed by atoms with Crippen LogP contribution >= 0.6 is 11.8 Å². The van der Waals surface area contributed by atoms with Gasteiger partial charge in [0.05, 0.1) is 4.90 Å². The highest BCUT2D eigenvalue weighted by molar-refractivity contribution is 7.98. The van der Waals surface area contributed by atoms with Crippen molar-refractivity contribution in [3.63, 3.8) is 0 Å². The van der Waals surface area contributed by atoms with E-state index >= 15 is 0 Å². The maximum atomic E-state index is 13.2. The van der Waals surface area contributed by atoms with E-state index in [-0.39, 0.29) is 4.90 Å². The zero-order chi connectivity index (χ0) is 24.1. The third-order valence-corrected chi connectivity index (χ3v) is 8.14. The monoisotopic (exact) mass is 497 g/mol. The Morgan fingerprint density at radius 2 is 1.82 bits per heavy atom. The van der Waals surface area contributed by atoms with Gasteiger partial charge in [0.25, 0.3) is 0 Å². The molecule has 34 heavy (non-hydrogen) atoms. The molecule has 0 amide bonds. The Morgan fingerprint density at radius 1 is 1.06 bits per heavy atom. The van der Waals surface area contributed by atoms with E-state index < -0.39 is 28.6 Å². The van der Waals surface area contributed by atoms with E-state index in [2.05, 4.69) is 10.8 Å². The second-order valence-corrected chi connectivity index (χ2v) is 10.8. The normalized spacial score (nSPS) is 15.9. The number of nitrogens with one attached hydrogen (secondary N) is 1. The summed E-state index contributed by atoms with van der Waals surface area (Å²) in [5.41, 5.74) is 3.71. The van der Waals surface area contributed by atoms with Crippen molar-refractivity contribution in [2.24, 2.45) is 0 Å². The Hall–Kier alpha value is -2.81. The maximum Gasteiger partial charge on any atom is 0.341 e. The fourth-order valence-electron chi connectivity index (χ4n) is 4.26. The number of carboxylic acids is 1. The van der Waals surface area contributed by atoms with Gasteiger partial charge in [0.2, 0.25) is 10.0 Å². The summed E-state index contributed by atoms with van der Waals surface area (Å²) in [6.07, 6.45) is 5.13. The Bertz CT molecular complexity index is 1270. The molecule has 0 fully saturated rings. The van der Waals surface area contributed by atoms with Crippen LogP contribution in [0.4, 0.5) is 0 Å². The lowest BCUT2D eigenvalue weighted by atomic mass is 9.99. The number of sulfonamides is 1. The van der Waals surface area contributed by atoms with Crippen molar-refractivity contribution in [1.29, 1.82) is 0 Å². The number of rotatable bonds is 8. The van der Waals surface area contributed by atoms with Crippen LogP contribution in [0.5, 0.6) is 5.75 Å². The van der Waals surface area contributed by atoms with Gasteiger partial charge in [0.1, 0.15) is 5.75 Å². The standard InChI is InChI=1S/C26H27NO5S2/c1-33-20-7-4-6-19(16-20)18-12-14-21(15-13-18)34(30,31)27-24-10-3-2-8-23-22(24)9-5-11-25(23)32-17-26(28)29/h4-7,9,11-16,24,27H,2-3,8,10,17H2,1H3,(H,28,29). The van der Waals surface area contributed by atoms with E-state index in [1.54, 1.807) is 36.0 Å². The third-order valence-electron chi connectivity index (χ3n) is 5.93. The van der Waals surface area contributed by atoms with Crippen molar-refractivity contribution in [3.05, 3.63) is 77.9 Å². The summed E-state index contributed by atoms with van der Waals surface area (Å²) in [5, 5.41) is 8.97. The molecule has 3 aromatic carbocycles. The minimum atomic E-state index is -3.76. The van der Waals surface area contributed by atoms with Crippen molar-refractivity contribution in [3.8, 4) is 16.9 Å². The molecule has 1 unspecified atom stereocenters. The zero-order valence-electron chi connectivity index (χ0n) is 18.9. The molecule has 0 aromatic heterocycles. The molecule has 0 radical (unpaired) electrons. The summed E-state index contributed by atoms with van der Waals surface area (Å²) >= 11 is 1.66. The van der Waals surface area contributed by atoms with E-state index in [1.807, 2.05) is 42.7 Å². The number of ether oxygens (including phenoxy) is 1. The van der Waals surface area contributed by atoms with Gasteiger partial charge in [-0.1, -0.05) is 42.8 Å². The molecule has 6 nitrogen and oxygen atoms in total. The fraction of sp³-hybridized carbons (Fsp3) is 0.269. The van der Waals surface area contributed by atoms with Gasteiger partial charge in [-0.15, -0.1) is 11.8 Å². The summed E-state index contributed by atoms with van der Waals surface area (Å²) < 4.78 is 34.8. The minimum absolute atomic E-state index is 0.210. The second-order valence-electron chi connectivity index (χ2n) is 8.18. The number of carboxylic acid groups (broad SMARTS) is 1. The second kappa shape index (κ2) is 10.6. The molecule has 0 spiro atoms. The van der Waals surface area contributed by atoms with Gasteiger partial charge in [-0.25, -0.2) is 17.9 Å². The van der Waals surface area contributed by atoms with Crippen molar-refractivity contribution >= 4 is 27.8 Å². The SMILES string of the molecule is CSc1cccc(-c2ccc(S(=O)(=O)NC3CCCCc4c(OCC(=O)O)cccc43)cc2)c1. The van der Waals surface area contributed by atoms with Crippen LogP contribution in [0.3, 0.4) is 0 Å². The Labute approximate surface area is 204 Å². The number of fused-ring (bicyclic) bond motifs is 1. The van der Waals surface area contributed by atoms with Gasteiger partial charge in [0.15, 0.2) is 6.61 Å². The van der Waals surface area contributed by atoms with Crippen LogP contribution in [0.25, 0.3) is 11.1 Å². The van der Waals surface area contributed by atoms with Crippen LogP contribution in [-0.2, 0) is 21.2 Å². The lowest BCUT2D eigenvalue weighted by Gasteiger charge is -2.21. The van der Waals surface area contributed by atoms with Crippen LogP contribution in [0, 0.1) is 0 Å². The molecule has 0 aliphatic heterocycles. The van der Waals surface area contributed by atoms with Crippen LogP contribution in [0.1, 0.15) is 36.4 Å². The highest BCUT2D eigenvalue weighted by Crippen LogP contribution is 2.35. The van der Waals surface area contributed by atoms with Crippen LogP contribution in [0.2, 0.25) is 0 Å². The highest BCUT2D eigenvalue weighted by atomic mass is 32.2. The van der Waals surface area contributed by atoms with Gasteiger partial charge >= 0.3 is 5.97 Å². The van der Waals surface area contributed by atoms with Crippen molar-refractivity contribution in [2.75, 3.05) is 12.9 Å². The molecule has 1 atom stereocenters. The molecule has 2 N–H and O–H groups in total. The smallest absolute Gasteiger partial charge is 0.341 e. The summed E-state index contributed by atoms with van der Waals surface area (Å²) in [7, 11) is -3.76. The van der Waals surface area contributed by atoms with Gasteiger partial charge in [-0.05, 0) is 78.1 Å². The first-order valence-electron chi connectivity index (χ1n) is 11.1. The minimum Gasteiger partial charge on any atom is -0.482 e.